The molecule has 3 unspecified atom stereocenters. The number of carboxylic acid groups (broad SMARTS) is 1. The fourth-order valence-corrected chi connectivity index (χ4v) is 3.12. The summed E-state index contributed by atoms with van der Waals surface area (Å²) in [5, 5.41) is 21.2. The highest BCUT2D eigenvalue weighted by Gasteiger charge is 2.39. The van der Waals surface area contributed by atoms with E-state index in [2.05, 4.69) is 5.32 Å². The largest absolute Gasteiger partial charge is 0.480 e. The van der Waals surface area contributed by atoms with E-state index in [4.69, 9.17) is 5.11 Å². The van der Waals surface area contributed by atoms with Crippen molar-refractivity contribution in [3.05, 3.63) is 0 Å². The van der Waals surface area contributed by atoms with Crippen LogP contribution in [-0.2, 0) is 9.59 Å². The molecular weight excluding hydrogens is 232 g/mol. The lowest BCUT2D eigenvalue weighted by Crippen LogP contribution is -2.49. The zero-order valence-corrected chi connectivity index (χ0v) is 9.44. The van der Waals surface area contributed by atoms with Crippen molar-refractivity contribution in [3.8, 4) is 0 Å². The predicted molar refractivity (Wildman–Crippen MR) is 58.0 cm³/mol. The molecule has 6 nitrogen and oxygen atoms in total. The number of β-amino-alcohol motifs (C(OH)–C–C–N with tert-alkyl or cyclic N) is 1. The number of thioether (sulfide) groups is 1. The molecule has 7 heteroatoms. The molecular formula is C9H14N2O4S. The summed E-state index contributed by atoms with van der Waals surface area (Å²) in [6.45, 7) is 0.398. The second-order valence-electron chi connectivity index (χ2n) is 4.01. The van der Waals surface area contributed by atoms with Crippen LogP contribution in [0, 0.1) is 0 Å². The van der Waals surface area contributed by atoms with Crippen molar-refractivity contribution in [2.24, 2.45) is 0 Å². The van der Waals surface area contributed by atoms with Gasteiger partial charge in [-0.25, -0.2) is 4.79 Å². The first kappa shape index (κ1) is 11.7. The first-order valence-electron chi connectivity index (χ1n) is 5.12. The smallest absolute Gasteiger partial charge is 0.327 e. The lowest BCUT2D eigenvalue weighted by molar-refractivity contribution is -0.148. The van der Waals surface area contributed by atoms with Crippen LogP contribution in [0.15, 0.2) is 0 Å². The van der Waals surface area contributed by atoms with E-state index in [1.807, 2.05) is 0 Å². The minimum atomic E-state index is -0.961. The predicted octanol–water partition coefficient (Wildman–Crippen LogP) is -1.30. The van der Waals surface area contributed by atoms with E-state index >= 15 is 0 Å². The molecule has 0 saturated carbocycles. The van der Waals surface area contributed by atoms with Crippen molar-refractivity contribution in [1.29, 1.82) is 0 Å². The molecule has 2 fully saturated rings. The van der Waals surface area contributed by atoms with Crippen molar-refractivity contribution in [2.75, 3.05) is 18.2 Å². The Balaban J connectivity index is 2.01. The van der Waals surface area contributed by atoms with Gasteiger partial charge >= 0.3 is 5.97 Å². The van der Waals surface area contributed by atoms with Crippen molar-refractivity contribution in [3.63, 3.8) is 0 Å². The first-order valence-corrected chi connectivity index (χ1v) is 6.27. The fraction of sp³-hybridized carbons (Fsp3) is 0.778. The maximum atomic E-state index is 12.0. The van der Waals surface area contributed by atoms with Gasteiger partial charge < -0.3 is 20.4 Å². The van der Waals surface area contributed by atoms with Crippen molar-refractivity contribution in [1.82, 2.24) is 10.2 Å². The van der Waals surface area contributed by atoms with Crippen molar-refractivity contribution >= 4 is 23.6 Å². The summed E-state index contributed by atoms with van der Waals surface area (Å²) in [5.74, 6) is -0.314. The van der Waals surface area contributed by atoms with E-state index in [1.54, 1.807) is 0 Å². The van der Waals surface area contributed by atoms with E-state index < -0.39 is 24.2 Å². The number of hydrogen-bond donors (Lipinski definition) is 3. The number of nitrogens with one attached hydrogen (secondary N) is 1. The molecule has 2 saturated heterocycles. The zero-order valence-electron chi connectivity index (χ0n) is 8.63. The SMILES string of the molecule is O=C(O)C1CSCN1C(=O)C1CC(O)CN1. The van der Waals surface area contributed by atoms with Crippen LogP contribution in [0.2, 0.25) is 0 Å². The number of carboxylic acids is 1. The number of rotatable bonds is 2. The third-order valence-electron chi connectivity index (χ3n) is 2.86. The minimum Gasteiger partial charge on any atom is -0.480 e. The van der Waals surface area contributed by atoms with E-state index in [0.717, 1.165) is 0 Å². The second kappa shape index (κ2) is 4.60. The van der Waals surface area contributed by atoms with Gasteiger partial charge in [0.2, 0.25) is 5.91 Å². The second-order valence-corrected chi connectivity index (χ2v) is 5.01. The maximum absolute atomic E-state index is 12.0. The number of aliphatic hydroxyl groups is 1. The summed E-state index contributed by atoms with van der Waals surface area (Å²) in [6.07, 6.45) is -0.140. The Labute approximate surface area is 97.0 Å². The Hall–Kier alpha value is -0.790. The van der Waals surface area contributed by atoms with Gasteiger partial charge in [0.05, 0.1) is 18.0 Å². The molecule has 0 aromatic rings. The normalized spacial score (nSPS) is 34.3. The Morgan fingerprint density at radius 2 is 2.19 bits per heavy atom. The van der Waals surface area contributed by atoms with Gasteiger partial charge in [-0.2, -0.15) is 0 Å². The van der Waals surface area contributed by atoms with Crippen LogP contribution in [0.5, 0.6) is 0 Å². The standard InChI is InChI=1S/C9H14N2O4S/c12-5-1-6(10-2-5)8(13)11-4-16-3-7(11)9(14)15/h5-7,10,12H,1-4H2,(H,14,15). The summed E-state index contributed by atoms with van der Waals surface area (Å²) in [7, 11) is 0. The van der Waals surface area contributed by atoms with E-state index in [9.17, 15) is 14.7 Å². The van der Waals surface area contributed by atoms with E-state index in [0.29, 0.717) is 24.6 Å². The maximum Gasteiger partial charge on any atom is 0.327 e. The highest BCUT2D eigenvalue weighted by atomic mass is 32.2. The van der Waals surface area contributed by atoms with Gasteiger partial charge in [0.1, 0.15) is 6.04 Å². The Morgan fingerprint density at radius 3 is 2.75 bits per heavy atom. The number of nitrogens with zero attached hydrogens (tertiary/aromatic N) is 1. The van der Waals surface area contributed by atoms with Gasteiger partial charge in [-0.05, 0) is 6.42 Å². The van der Waals surface area contributed by atoms with Gasteiger partial charge in [-0.15, -0.1) is 11.8 Å². The van der Waals surface area contributed by atoms with Crippen LogP contribution in [-0.4, -0.2) is 63.4 Å². The number of carbonyl (C=O) groups excluding carboxylic acids is 1. The highest BCUT2D eigenvalue weighted by Crippen LogP contribution is 2.23. The average molecular weight is 246 g/mol. The lowest BCUT2D eigenvalue weighted by atomic mass is 10.1. The van der Waals surface area contributed by atoms with Crippen LogP contribution in [0.1, 0.15) is 6.42 Å². The molecule has 3 atom stereocenters. The van der Waals surface area contributed by atoms with Gasteiger partial charge in [-0.3, -0.25) is 4.79 Å². The summed E-state index contributed by atoms with van der Waals surface area (Å²) < 4.78 is 0. The number of carbonyl (C=O) groups is 2. The van der Waals surface area contributed by atoms with Crippen molar-refractivity contribution < 1.29 is 19.8 Å². The molecule has 2 rings (SSSR count). The molecule has 1 amide bonds. The molecule has 0 radical (unpaired) electrons. The molecule has 2 aliphatic rings. The molecule has 16 heavy (non-hydrogen) atoms. The first-order chi connectivity index (χ1) is 7.59. The summed E-state index contributed by atoms with van der Waals surface area (Å²) in [6, 6.07) is -1.16. The average Bonchev–Trinajstić information content (AvgIpc) is 2.84. The van der Waals surface area contributed by atoms with Crippen LogP contribution >= 0.6 is 11.8 Å². The Bertz CT molecular complexity index is 312. The number of aliphatic hydroxyl groups excluding tert-OH is 1. The lowest BCUT2D eigenvalue weighted by Gasteiger charge is -2.23. The molecule has 0 aromatic carbocycles. The monoisotopic (exact) mass is 246 g/mol. The van der Waals surface area contributed by atoms with Crippen LogP contribution in [0.25, 0.3) is 0 Å². The van der Waals surface area contributed by atoms with E-state index in [-0.39, 0.29) is 5.91 Å². The van der Waals surface area contributed by atoms with Gasteiger partial charge in [0.15, 0.2) is 0 Å². The fourth-order valence-electron chi connectivity index (χ4n) is 1.97. The summed E-state index contributed by atoms with van der Waals surface area (Å²) >= 11 is 1.44. The highest BCUT2D eigenvalue weighted by molar-refractivity contribution is 7.99. The molecule has 2 aliphatic heterocycles. The summed E-state index contributed by atoms with van der Waals surface area (Å²) in [4.78, 5) is 24.3. The molecule has 0 bridgehead atoms. The topological polar surface area (TPSA) is 89.9 Å². The number of aliphatic carboxylic acids is 1. The molecule has 0 aliphatic carbocycles. The zero-order chi connectivity index (χ0) is 11.7. The number of hydrogen-bond acceptors (Lipinski definition) is 5. The Morgan fingerprint density at radius 1 is 1.44 bits per heavy atom. The third kappa shape index (κ3) is 2.16. The van der Waals surface area contributed by atoms with Gasteiger partial charge in [0, 0.05) is 12.3 Å². The van der Waals surface area contributed by atoms with Crippen molar-refractivity contribution in [2.45, 2.75) is 24.6 Å². The molecule has 3 N–H and O–H groups in total. The molecule has 2 heterocycles. The third-order valence-corrected chi connectivity index (χ3v) is 3.87. The number of amides is 1. The Kier molecular flexibility index (Phi) is 3.36. The summed E-state index contributed by atoms with van der Waals surface area (Å²) in [5.41, 5.74) is 0. The molecule has 0 aromatic heterocycles. The van der Waals surface area contributed by atoms with Crippen LogP contribution < -0.4 is 5.32 Å². The van der Waals surface area contributed by atoms with E-state index in [1.165, 1.54) is 16.7 Å². The van der Waals surface area contributed by atoms with Crippen LogP contribution in [0.4, 0.5) is 0 Å². The molecule has 0 spiro atoms. The van der Waals surface area contributed by atoms with Gasteiger partial charge in [-0.1, -0.05) is 0 Å². The minimum absolute atomic E-state index is 0.214. The van der Waals surface area contributed by atoms with Gasteiger partial charge in [0.25, 0.3) is 0 Å². The van der Waals surface area contributed by atoms with Crippen LogP contribution in [0.3, 0.4) is 0 Å². The quantitative estimate of drug-likeness (QED) is 0.561. The molecule has 90 valence electrons.